The monoisotopic (exact) mass is 497 g/mol. The van der Waals surface area contributed by atoms with E-state index in [1.165, 1.54) is 23.1 Å². The number of piperidine rings is 1. The SMILES string of the molecule is [C-]#[N+]CC1CCCN(c2nc(OC[C@@H]3CCCN3C)nc3c2CCN(c2ccnc4ccccc24)C3)C1. The molecule has 2 atom stereocenters. The highest BCUT2D eigenvalue weighted by Crippen LogP contribution is 2.35. The minimum Gasteiger partial charge on any atom is -0.462 e. The highest BCUT2D eigenvalue weighted by molar-refractivity contribution is 5.91. The first kappa shape index (κ1) is 23.9. The van der Waals surface area contributed by atoms with Gasteiger partial charge in [-0.3, -0.25) is 4.98 Å². The van der Waals surface area contributed by atoms with Crippen LogP contribution in [0.3, 0.4) is 0 Å². The lowest BCUT2D eigenvalue weighted by Gasteiger charge is -2.36. The number of anilines is 2. The molecule has 0 aliphatic carbocycles. The summed E-state index contributed by atoms with van der Waals surface area (Å²) in [7, 11) is 2.17. The van der Waals surface area contributed by atoms with Crippen molar-refractivity contribution in [1.82, 2.24) is 19.9 Å². The molecule has 2 fully saturated rings. The Kier molecular flexibility index (Phi) is 6.79. The Bertz CT molecular complexity index is 1300. The van der Waals surface area contributed by atoms with Crippen molar-refractivity contribution < 1.29 is 4.74 Å². The summed E-state index contributed by atoms with van der Waals surface area (Å²) in [5.41, 5.74) is 4.50. The number of fused-ring (bicyclic) bond motifs is 2. The van der Waals surface area contributed by atoms with E-state index in [0.29, 0.717) is 31.1 Å². The van der Waals surface area contributed by atoms with E-state index in [-0.39, 0.29) is 0 Å². The molecule has 8 nitrogen and oxygen atoms in total. The molecule has 5 heterocycles. The molecule has 3 aromatic rings. The third-order valence-electron chi connectivity index (χ3n) is 8.23. The van der Waals surface area contributed by atoms with Crippen molar-refractivity contribution in [3.05, 3.63) is 59.2 Å². The van der Waals surface area contributed by atoms with Gasteiger partial charge in [-0.05, 0) is 57.8 Å². The fraction of sp³-hybridized carbons (Fsp3) is 0.517. The zero-order valence-electron chi connectivity index (χ0n) is 21.6. The Morgan fingerprint density at radius 3 is 2.81 bits per heavy atom. The van der Waals surface area contributed by atoms with Crippen LogP contribution in [-0.4, -0.2) is 72.3 Å². The molecule has 3 aliphatic heterocycles. The van der Waals surface area contributed by atoms with Gasteiger partial charge in [-0.1, -0.05) is 18.2 Å². The molecule has 8 heteroatoms. The average molecular weight is 498 g/mol. The molecule has 1 aromatic carbocycles. The van der Waals surface area contributed by atoms with Crippen LogP contribution < -0.4 is 14.5 Å². The quantitative estimate of drug-likeness (QED) is 0.473. The van der Waals surface area contributed by atoms with Crippen LogP contribution in [0, 0.1) is 12.5 Å². The van der Waals surface area contributed by atoms with Crippen LogP contribution in [0.4, 0.5) is 11.5 Å². The Morgan fingerprint density at radius 2 is 1.95 bits per heavy atom. The number of para-hydroxylation sites is 1. The molecule has 1 unspecified atom stereocenters. The number of ether oxygens (including phenoxy) is 1. The van der Waals surface area contributed by atoms with E-state index in [1.807, 2.05) is 12.3 Å². The summed E-state index contributed by atoms with van der Waals surface area (Å²) in [6.07, 6.45) is 7.37. The first-order chi connectivity index (χ1) is 18.2. The Labute approximate surface area is 219 Å². The van der Waals surface area contributed by atoms with Gasteiger partial charge in [-0.25, -0.2) is 6.57 Å². The van der Waals surface area contributed by atoms with Gasteiger partial charge in [-0.2, -0.15) is 9.97 Å². The standard InChI is InChI=1S/C29H35N7O/c1-30-17-21-7-5-15-36(18-21)28-24-12-16-35(27-11-13-31-25-10-4-3-9-23(25)27)19-26(24)32-29(33-28)37-20-22-8-6-14-34(22)2/h3-4,9-11,13,21-22H,5-8,12,14-20H2,2H3/t21?,22-/m0/s1. The van der Waals surface area contributed by atoms with Crippen LogP contribution in [0.15, 0.2) is 36.5 Å². The van der Waals surface area contributed by atoms with E-state index in [2.05, 4.69) is 55.8 Å². The summed E-state index contributed by atoms with van der Waals surface area (Å²) in [4.78, 5) is 25.4. The van der Waals surface area contributed by atoms with Crippen molar-refractivity contribution >= 4 is 22.4 Å². The lowest BCUT2D eigenvalue weighted by atomic mass is 9.96. The molecule has 3 aliphatic rings. The van der Waals surface area contributed by atoms with E-state index in [9.17, 15) is 0 Å². The summed E-state index contributed by atoms with van der Waals surface area (Å²) in [6, 6.07) is 11.4. The number of aromatic nitrogens is 3. The van der Waals surface area contributed by atoms with Gasteiger partial charge in [-0.15, -0.1) is 0 Å². The van der Waals surface area contributed by atoms with E-state index in [1.54, 1.807) is 0 Å². The zero-order valence-corrected chi connectivity index (χ0v) is 21.6. The first-order valence-corrected chi connectivity index (χ1v) is 13.6. The number of nitrogens with zero attached hydrogens (tertiary/aromatic N) is 7. The number of likely N-dealkylation sites (N-methyl/N-ethyl adjacent to an activating group) is 1. The molecule has 0 bridgehead atoms. The third kappa shape index (κ3) is 4.93. The molecule has 192 valence electrons. The molecule has 0 radical (unpaired) electrons. The van der Waals surface area contributed by atoms with Crippen molar-refractivity contribution in [2.75, 3.05) is 56.2 Å². The predicted octanol–water partition coefficient (Wildman–Crippen LogP) is 4.20. The van der Waals surface area contributed by atoms with Gasteiger partial charge in [0.1, 0.15) is 12.4 Å². The molecule has 0 amide bonds. The first-order valence-electron chi connectivity index (χ1n) is 13.6. The third-order valence-corrected chi connectivity index (χ3v) is 8.23. The molecular formula is C29H35N7O. The zero-order chi connectivity index (χ0) is 25.2. The molecule has 6 rings (SSSR count). The van der Waals surface area contributed by atoms with Gasteiger partial charge in [0.15, 0.2) is 0 Å². The average Bonchev–Trinajstić information content (AvgIpc) is 3.35. The molecule has 37 heavy (non-hydrogen) atoms. The van der Waals surface area contributed by atoms with Crippen molar-refractivity contribution in [2.45, 2.75) is 44.7 Å². The van der Waals surface area contributed by atoms with Crippen LogP contribution in [0.25, 0.3) is 15.7 Å². The lowest BCUT2D eigenvalue weighted by Crippen LogP contribution is -2.39. The van der Waals surface area contributed by atoms with Crippen LogP contribution in [0.1, 0.15) is 36.9 Å². The van der Waals surface area contributed by atoms with E-state index in [4.69, 9.17) is 21.3 Å². The van der Waals surface area contributed by atoms with E-state index in [0.717, 1.165) is 75.4 Å². The minimum absolute atomic E-state index is 0.400. The second-order valence-electron chi connectivity index (χ2n) is 10.7. The topological polar surface area (TPSA) is 62.0 Å². The smallest absolute Gasteiger partial charge is 0.318 e. The second-order valence-corrected chi connectivity index (χ2v) is 10.7. The van der Waals surface area contributed by atoms with Crippen molar-refractivity contribution in [2.24, 2.45) is 5.92 Å². The van der Waals surface area contributed by atoms with Gasteiger partial charge in [0.05, 0.1) is 17.8 Å². The molecule has 0 spiro atoms. The summed E-state index contributed by atoms with van der Waals surface area (Å²) >= 11 is 0. The Morgan fingerprint density at radius 1 is 1.05 bits per heavy atom. The fourth-order valence-corrected chi connectivity index (χ4v) is 6.17. The maximum absolute atomic E-state index is 7.36. The van der Waals surface area contributed by atoms with Crippen molar-refractivity contribution in [1.29, 1.82) is 0 Å². The Hall–Kier alpha value is -3.44. The molecule has 0 N–H and O–H groups in total. The fourth-order valence-electron chi connectivity index (χ4n) is 6.17. The van der Waals surface area contributed by atoms with Crippen LogP contribution in [0.2, 0.25) is 0 Å². The van der Waals surface area contributed by atoms with Crippen molar-refractivity contribution in [3.8, 4) is 6.01 Å². The number of hydrogen-bond acceptors (Lipinski definition) is 7. The normalized spacial score (nSPS) is 22.2. The van der Waals surface area contributed by atoms with E-state index >= 15 is 0 Å². The minimum atomic E-state index is 0.400. The number of benzene rings is 1. The lowest BCUT2D eigenvalue weighted by molar-refractivity contribution is 0.187. The molecule has 2 saturated heterocycles. The van der Waals surface area contributed by atoms with E-state index < -0.39 is 0 Å². The number of hydrogen-bond donors (Lipinski definition) is 0. The van der Waals surface area contributed by atoms with Crippen LogP contribution in [-0.2, 0) is 13.0 Å². The molecule has 2 aromatic heterocycles. The van der Waals surface area contributed by atoms with Gasteiger partial charge in [0, 0.05) is 54.4 Å². The molecule has 0 saturated carbocycles. The van der Waals surface area contributed by atoms with Gasteiger partial charge in [0.2, 0.25) is 6.54 Å². The maximum Gasteiger partial charge on any atom is 0.318 e. The summed E-state index contributed by atoms with van der Waals surface area (Å²) in [6.45, 7) is 13.2. The number of likely N-dealkylation sites (tertiary alicyclic amines) is 1. The summed E-state index contributed by atoms with van der Waals surface area (Å²) in [5, 5.41) is 1.17. The summed E-state index contributed by atoms with van der Waals surface area (Å²) in [5.74, 6) is 1.42. The van der Waals surface area contributed by atoms with Gasteiger partial charge in [0.25, 0.3) is 0 Å². The molecular weight excluding hydrogens is 462 g/mol. The van der Waals surface area contributed by atoms with Crippen molar-refractivity contribution in [3.63, 3.8) is 0 Å². The summed E-state index contributed by atoms with van der Waals surface area (Å²) < 4.78 is 6.28. The number of rotatable bonds is 6. The largest absolute Gasteiger partial charge is 0.462 e. The predicted molar refractivity (Wildman–Crippen MR) is 146 cm³/mol. The van der Waals surface area contributed by atoms with Gasteiger partial charge < -0.3 is 24.3 Å². The second kappa shape index (κ2) is 10.5. The maximum atomic E-state index is 7.36. The van der Waals surface area contributed by atoms with Gasteiger partial charge >= 0.3 is 6.01 Å². The number of pyridine rings is 1. The highest BCUT2D eigenvalue weighted by Gasteiger charge is 2.30. The Balaban J connectivity index is 1.32. The highest BCUT2D eigenvalue weighted by atomic mass is 16.5. The van der Waals surface area contributed by atoms with Crippen LogP contribution >= 0.6 is 0 Å². The van der Waals surface area contributed by atoms with Crippen LogP contribution in [0.5, 0.6) is 6.01 Å².